The Balaban J connectivity index is 1.66. The van der Waals surface area contributed by atoms with Gasteiger partial charge in [0.15, 0.2) is 0 Å². The van der Waals surface area contributed by atoms with Crippen molar-refractivity contribution >= 4 is 28.5 Å². The summed E-state index contributed by atoms with van der Waals surface area (Å²) in [5.41, 5.74) is 0. The molecule has 128 valence electrons. The molecule has 0 aromatic carbocycles. The van der Waals surface area contributed by atoms with Crippen LogP contribution in [0.1, 0.15) is 27.7 Å². The Labute approximate surface area is 142 Å². The molecule has 5 rings (SSSR count). The highest BCUT2D eigenvalue weighted by Gasteiger charge is 3.06. The number of hydrogen-bond donors (Lipinski definition) is 0. The number of rotatable bonds is 4. The van der Waals surface area contributed by atoms with Gasteiger partial charge in [0.2, 0.25) is 0 Å². The van der Waals surface area contributed by atoms with Crippen LogP contribution in [-0.4, -0.2) is 51.6 Å². The van der Waals surface area contributed by atoms with Crippen molar-refractivity contribution in [3.05, 3.63) is 0 Å². The molecule has 0 N–H and O–H groups in total. The summed E-state index contributed by atoms with van der Waals surface area (Å²) >= 11 is 0. The molecule has 0 atom stereocenters. The van der Waals surface area contributed by atoms with E-state index in [-0.39, 0.29) is 0 Å². The molecule has 0 amide bonds. The van der Waals surface area contributed by atoms with Crippen LogP contribution in [0.25, 0.3) is 0 Å². The third-order valence-corrected chi connectivity index (χ3v) is 5.45. The van der Waals surface area contributed by atoms with E-state index in [1.807, 2.05) is 27.7 Å². The second kappa shape index (κ2) is 4.80. The predicted molar refractivity (Wildman–Crippen MR) is 84.5 cm³/mol. The molecule has 5 fully saturated rings. The molecule has 0 radical (unpaired) electrons. The monoisotopic (exact) mass is 336 g/mol. The van der Waals surface area contributed by atoms with Crippen molar-refractivity contribution in [1.29, 1.82) is 0 Å². The third-order valence-electron chi connectivity index (χ3n) is 5.45. The van der Waals surface area contributed by atoms with Crippen molar-refractivity contribution in [2.45, 2.75) is 76.1 Å². The fourth-order valence-electron chi connectivity index (χ4n) is 4.40. The smallest absolute Gasteiger partial charge is 0.375 e. The quantitative estimate of drug-likeness (QED) is 0.705. The summed E-state index contributed by atoms with van der Waals surface area (Å²) in [4.78, 5) is 0. The van der Waals surface area contributed by atoms with Gasteiger partial charge in [0.25, 0.3) is 23.1 Å². The zero-order valence-corrected chi connectivity index (χ0v) is 14.4. The van der Waals surface area contributed by atoms with Crippen molar-refractivity contribution in [1.82, 2.24) is 0 Å². The van der Waals surface area contributed by atoms with E-state index in [1.54, 1.807) is 0 Å². The summed E-state index contributed by atoms with van der Waals surface area (Å²) in [5.74, 6) is -5.35. The summed E-state index contributed by atoms with van der Waals surface area (Å²) in [6.45, 7) is 7.87. The van der Waals surface area contributed by atoms with Crippen molar-refractivity contribution < 1.29 is 37.2 Å². The molecule has 0 unspecified atom stereocenters. The molecule has 8 nitrogen and oxygen atoms in total. The molecular weight excluding hydrogens is 315 g/mol. The minimum Gasteiger partial charge on any atom is -0.375 e. The zero-order valence-electron chi connectivity index (χ0n) is 14.4. The summed E-state index contributed by atoms with van der Waals surface area (Å²) in [5, 5.41) is 0. The summed E-state index contributed by atoms with van der Waals surface area (Å²) in [7, 11) is -2.02. The van der Waals surface area contributed by atoms with Gasteiger partial charge < -0.3 is 37.2 Å². The van der Waals surface area contributed by atoms with Crippen molar-refractivity contribution in [2.24, 2.45) is 0 Å². The van der Waals surface area contributed by atoms with Gasteiger partial charge in [-0.15, -0.1) is 0 Å². The second-order valence-electron chi connectivity index (χ2n) is 6.76. The highest BCUT2D eigenvalue weighted by atomic mass is 17.0. The van der Waals surface area contributed by atoms with Crippen LogP contribution in [0.4, 0.5) is 0 Å². The van der Waals surface area contributed by atoms with Gasteiger partial charge >= 0.3 is 28.5 Å². The molecule has 5 aliphatic rings. The van der Waals surface area contributed by atoms with E-state index >= 15 is 0 Å². The molecule has 4 spiro atoms. The first-order chi connectivity index (χ1) is 11.6. The van der Waals surface area contributed by atoms with Crippen LogP contribution in [0.15, 0.2) is 0 Å². The van der Waals surface area contributed by atoms with Crippen LogP contribution in [-0.2, 0) is 37.2 Å². The Morgan fingerprint density at radius 1 is 0.417 bits per heavy atom. The average Bonchev–Trinajstić information content (AvgIpc) is 3.27. The molecule has 0 aromatic rings. The molecule has 0 bridgehead atoms. The fourth-order valence-corrected chi connectivity index (χ4v) is 4.40. The van der Waals surface area contributed by atoms with E-state index in [9.17, 15) is 0 Å². The van der Waals surface area contributed by atoms with Crippen molar-refractivity contribution in [3.8, 4) is 0 Å². The minimum absolute atomic E-state index is 0.505. The van der Waals surface area contributed by atoms with Gasteiger partial charge in [-0.2, -0.15) is 0 Å². The summed E-state index contributed by atoms with van der Waals surface area (Å²) in [6, 6.07) is 0. The zero-order chi connectivity index (χ0) is 16.8. The molecule has 24 heavy (non-hydrogen) atoms. The van der Waals surface area contributed by atoms with E-state index in [2.05, 4.69) is 0 Å². The maximum atomic E-state index is 6.16. The first-order valence-corrected chi connectivity index (χ1v) is 8.98. The maximum absolute atomic E-state index is 6.16. The van der Waals surface area contributed by atoms with Gasteiger partial charge in [0, 0.05) is 0 Å². The van der Waals surface area contributed by atoms with Gasteiger partial charge in [0.1, 0.15) is 0 Å². The third kappa shape index (κ3) is 1.37. The van der Waals surface area contributed by atoms with E-state index in [1.165, 1.54) is 0 Å². The molecule has 0 aromatic heterocycles. The lowest BCUT2D eigenvalue weighted by atomic mass is 9.70. The Hall–Kier alpha value is -0.0603. The standard InChI is InChI=1S/C12H20B4O8/c1-5-13-17-9-10(18-13)12(22-15(7-3)20-10)11(9,21-14(6-2)19-9)23-16(8-4)24-12/h5-8H2,1-4H3. The molecular formula is C12H20B4O8. The lowest BCUT2D eigenvalue weighted by Gasteiger charge is -2.62. The van der Waals surface area contributed by atoms with E-state index in [0.717, 1.165) is 0 Å². The average molecular weight is 336 g/mol. The molecule has 1 saturated carbocycles. The summed E-state index contributed by atoms with van der Waals surface area (Å²) < 4.78 is 49.3. The predicted octanol–water partition coefficient (Wildman–Crippen LogP) is 1.00. The van der Waals surface area contributed by atoms with Crippen LogP contribution < -0.4 is 0 Å². The van der Waals surface area contributed by atoms with Crippen LogP contribution >= 0.6 is 0 Å². The fraction of sp³-hybridized carbons (Fsp3) is 1.00. The molecule has 4 saturated heterocycles. The van der Waals surface area contributed by atoms with Gasteiger partial charge in [-0.05, 0) is 25.3 Å². The van der Waals surface area contributed by atoms with Crippen molar-refractivity contribution in [3.63, 3.8) is 0 Å². The second-order valence-corrected chi connectivity index (χ2v) is 6.76. The Bertz CT molecular complexity index is 427. The van der Waals surface area contributed by atoms with Gasteiger partial charge in [-0.1, -0.05) is 27.7 Å². The molecule has 1 aliphatic carbocycles. The highest BCUT2D eigenvalue weighted by Crippen LogP contribution is 2.77. The van der Waals surface area contributed by atoms with Gasteiger partial charge in [0.05, 0.1) is 0 Å². The largest absolute Gasteiger partial charge is 0.461 e. The lowest BCUT2D eigenvalue weighted by molar-refractivity contribution is -0.516. The van der Waals surface area contributed by atoms with E-state index in [0.29, 0.717) is 25.3 Å². The van der Waals surface area contributed by atoms with Crippen LogP contribution in [0, 0.1) is 0 Å². The maximum Gasteiger partial charge on any atom is 0.461 e. The molecule has 4 heterocycles. The van der Waals surface area contributed by atoms with E-state index < -0.39 is 51.6 Å². The minimum atomic E-state index is -1.34. The first kappa shape index (κ1) is 16.1. The number of hydrogen-bond acceptors (Lipinski definition) is 8. The normalized spacial score (nSPS) is 48.5. The van der Waals surface area contributed by atoms with Crippen LogP contribution in [0.2, 0.25) is 25.3 Å². The van der Waals surface area contributed by atoms with Gasteiger partial charge in [-0.3, -0.25) is 0 Å². The van der Waals surface area contributed by atoms with E-state index in [4.69, 9.17) is 37.2 Å². The first-order valence-electron chi connectivity index (χ1n) is 8.98. The SMILES string of the molecule is CCB1OC23OB(CC)OC24OB(CC)OC42OB(CC)OC32O1. The van der Waals surface area contributed by atoms with Crippen LogP contribution in [0.5, 0.6) is 0 Å². The molecule has 4 aliphatic heterocycles. The Morgan fingerprint density at radius 3 is 0.708 bits per heavy atom. The Kier molecular flexibility index (Phi) is 3.23. The lowest BCUT2D eigenvalue weighted by Crippen LogP contribution is -2.91. The Morgan fingerprint density at radius 2 is 0.583 bits per heavy atom. The van der Waals surface area contributed by atoms with Crippen LogP contribution in [0.3, 0.4) is 0 Å². The summed E-state index contributed by atoms with van der Waals surface area (Å²) in [6.07, 6.45) is 2.53. The molecule has 12 heteroatoms. The highest BCUT2D eigenvalue weighted by molar-refractivity contribution is 6.51. The van der Waals surface area contributed by atoms with Gasteiger partial charge in [-0.25, -0.2) is 0 Å². The van der Waals surface area contributed by atoms with Crippen molar-refractivity contribution in [2.75, 3.05) is 0 Å². The topological polar surface area (TPSA) is 73.8 Å².